The molecule has 0 unspecified atom stereocenters. The van der Waals surface area contributed by atoms with E-state index in [1.165, 1.54) is 12.1 Å². The molecule has 0 atom stereocenters. The van der Waals surface area contributed by atoms with Crippen LogP contribution in [0.1, 0.15) is 42.5 Å². The minimum atomic E-state index is -4.99. The zero-order chi connectivity index (χ0) is 33.8. The average molecular weight is 658 g/mol. The number of carbonyl (C=O) groups excluding carboxylic acids is 2. The molecule has 1 saturated carbocycles. The third kappa shape index (κ3) is 5.70. The summed E-state index contributed by atoms with van der Waals surface area (Å²) in [4.78, 5) is 34.2. The fourth-order valence-electron chi connectivity index (χ4n) is 5.64. The first-order valence-electron chi connectivity index (χ1n) is 13.5. The predicted octanol–water partition coefficient (Wildman–Crippen LogP) is 6.12. The van der Waals surface area contributed by atoms with Gasteiger partial charge in [0.1, 0.15) is 23.4 Å². The standard InChI is InChI=1S/C29H23F8N5O4/c1-41-27(8-2-3-9-27)24(44)21(26(46)42(41)12-14-4-7-19(43)23(31)22(14)30)25(45)40-17-6-5-15(28(32,33)34)10-16(17)18-11-20(29(35,36)37)39-13-38-18/h4-7,10-11,13,43-44H,2-3,8-9,12H2,1H3,(H,40,45). The number of amides is 2. The lowest BCUT2D eigenvalue weighted by Crippen LogP contribution is -2.62. The Hall–Kier alpha value is -4.80. The van der Waals surface area contributed by atoms with Gasteiger partial charge in [-0.15, -0.1) is 0 Å². The first-order valence-corrected chi connectivity index (χ1v) is 13.5. The van der Waals surface area contributed by atoms with E-state index in [4.69, 9.17) is 0 Å². The van der Waals surface area contributed by atoms with Crippen molar-refractivity contribution >= 4 is 17.5 Å². The number of hydrogen-bond donors (Lipinski definition) is 3. The molecule has 0 saturated heterocycles. The highest BCUT2D eigenvalue weighted by Gasteiger charge is 2.53. The van der Waals surface area contributed by atoms with Crippen LogP contribution in [-0.2, 0) is 28.5 Å². The Balaban J connectivity index is 1.58. The van der Waals surface area contributed by atoms with Gasteiger partial charge in [-0.3, -0.25) is 14.6 Å². The van der Waals surface area contributed by atoms with E-state index in [-0.39, 0.29) is 18.4 Å². The van der Waals surface area contributed by atoms with E-state index in [1.54, 1.807) is 0 Å². The number of aromatic hydroxyl groups is 1. The molecule has 244 valence electrons. The van der Waals surface area contributed by atoms with E-state index >= 15 is 0 Å². The van der Waals surface area contributed by atoms with Gasteiger partial charge in [0.05, 0.1) is 29.0 Å². The average Bonchev–Trinajstić information content (AvgIpc) is 3.49. The molecule has 2 amide bonds. The molecule has 9 nitrogen and oxygen atoms in total. The van der Waals surface area contributed by atoms with Gasteiger partial charge in [0.15, 0.2) is 11.6 Å². The van der Waals surface area contributed by atoms with Crippen LogP contribution < -0.4 is 5.32 Å². The number of aliphatic hydroxyl groups excluding tert-OH is 1. The van der Waals surface area contributed by atoms with Gasteiger partial charge in [0, 0.05) is 18.2 Å². The number of benzene rings is 2. The number of hydrogen-bond acceptors (Lipinski definition) is 7. The molecule has 1 aliphatic heterocycles. The molecular weight excluding hydrogens is 634 g/mol. The van der Waals surface area contributed by atoms with Crippen molar-refractivity contribution in [3.8, 4) is 17.0 Å². The summed E-state index contributed by atoms with van der Waals surface area (Å²) in [6.45, 7) is -0.656. The molecule has 17 heteroatoms. The second-order valence-electron chi connectivity index (χ2n) is 10.7. The zero-order valence-corrected chi connectivity index (χ0v) is 23.6. The SMILES string of the molecule is CN1N(Cc2ccc(O)c(F)c2F)C(=O)C(C(=O)Nc2ccc(C(F)(F)F)cc2-c2cc(C(F)(F)F)ncn2)=C(O)C12CCCC2. The van der Waals surface area contributed by atoms with Crippen LogP contribution in [0.25, 0.3) is 11.3 Å². The number of hydrazine groups is 1. The summed E-state index contributed by atoms with van der Waals surface area (Å²) in [7, 11) is 1.39. The summed E-state index contributed by atoms with van der Waals surface area (Å²) < 4.78 is 110. The lowest BCUT2D eigenvalue weighted by Gasteiger charge is -2.48. The van der Waals surface area contributed by atoms with Crippen molar-refractivity contribution in [2.75, 3.05) is 12.4 Å². The number of aliphatic hydroxyl groups is 1. The molecule has 1 spiro atoms. The number of phenols is 1. The highest BCUT2D eigenvalue weighted by Crippen LogP contribution is 2.45. The maximum absolute atomic E-state index is 14.7. The van der Waals surface area contributed by atoms with Crippen molar-refractivity contribution in [3.05, 3.63) is 82.5 Å². The van der Waals surface area contributed by atoms with Gasteiger partial charge in [-0.05, 0) is 43.2 Å². The lowest BCUT2D eigenvalue weighted by molar-refractivity contribution is -0.163. The van der Waals surface area contributed by atoms with Crippen LogP contribution in [0.5, 0.6) is 5.75 Å². The van der Waals surface area contributed by atoms with E-state index in [2.05, 4.69) is 15.3 Å². The number of phenolic OH excluding ortho intramolecular Hbond substituents is 1. The molecule has 5 rings (SSSR count). The number of carbonyl (C=O) groups is 2. The van der Waals surface area contributed by atoms with Crippen LogP contribution in [0, 0.1) is 11.6 Å². The monoisotopic (exact) mass is 657 g/mol. The van der Waals surface area contributed by atoms with Crippen LogP contribution in [-0.4, -0.2) is 54.6 Å². The van der Waals surface area contributed by atoms with E-state index < -0.39 is 93.2 Å². The highest BCUT2D eigenvalue weighted by atomic mass is 19.4. The van der Waals surface area contributed by atoms with Crippen LogP contribution >= 0.6 is 0 Å². The molecule has 0 radical (unpaired) electrons. The van der Waals surface area contributed by atoms with Gasteiger partial charge >= 0.3 is 12.4 Å². The number of nitrogens with zero attached hydrogens (tertiary/aromatic N) is 4. The molecule has 2 aromatic carbocycles. The van der Waals surface area contributed by atoms with Crippen molar-refractivity contribution in [2.45, 2.75) is 50.1 Å². The van der Waals surface area contributed by atoms with Gasteiger partial charge in [-0.1, -0.05) is 18.9 Å². The van der Waals surface area contributed by atoms with Crippen molar-refractivity contribution in [2.24, 2.45) is 0 Å². The smallest absolute Gasteiger partial charge is 0.433 e. The molecule has 1 aliphatic carbocycles. The number of aromatic nitrogens is 2. The number of alkyl halides is 6. The van der Waals surface area contributed by atoms with E-state index in [9.17, 15) is 54.9 Å². The van der Waals surface area contributed by atoms with Gasteiger partial charge in [0.25, 0.3) is 11.8 Å². The van der Waals surface area contributed by atoms with Gasteiger partial charge in [0.2, 0.25) is 5.82 Å². The number of nitrogens with one attached hydrogen (secondary N) is 1. The third-order valence-corrected chi connectivity index (χ3v) is 8.06. The maximum Gasteiger partial charge on any atom is 0.433 e. The Labute approximate surface area is 254 Å². The summed E-state index contributed by atoms with van der Waals surface area (Å²) in [5.74, 6) is -7.25. The summed E-state index contributed by atoms with van der Waals surface area (Å²) in [6, 6.07) is 4.00. The molecule has 3 N–H and O–H groups in total. The van der Waals surface area contributed by atoms with Crippen LogP contribution in [0.15, 0.2) is 54.1 Å². The minimum Gasteiger partial charge on any atom is -0.509 e. The second kappa shape index (κ2) is 11.5. The predicted molar refractivity (Wildman–Crippen MR) is 143 cm³/mol. The first-order chi connectivity index (χ1) is 21.5. The van der Waals surface area contributed by atoms with E-state index in [0.717, 1.165) is 23.2 Å². The quantitative estimate of drug-likeness (QED) is 0.224. The Morgan fingerprint density at radius 1 is 0.957 bits per heavy atom. The largest absolute Gasteiger partial charge is 0.509 e. The Bertz CT molecular complexity index is 1750. The molecule has 3 aromatic rings. The molecule has 46 heavy (non-hydrogen) atoms. The van der Waals surface area contributed by atoms with Crippen molar-refractivity contribution in [3.63, 3.8) is 0 Å². The number of rotatable bonds is 5. The number of halogens is 8. The molecule has 2 aliphatic rings. The van der Waals surface area contributed by atoms with E-state index in [1.807, 2.05) is 0 Å². The molecule has 2 heterocycles. The van der Waals surface area contributed by atoms with Crippen molar-refractivity contribution in [1.82, 2.24) is 20.0 Å². The molecule has 0 bridgehead atoms. The summed E-state index contributed by atoms with van der Waals surface area (Å²) >= 11 is 0. The molecule has 1 fully saturated rings. The zero-order valence-electron chi connectivity index (χ0n) is 23.6. The van der Waals surface area contributed by atoms with Crippen LogP contribution in [0.3, 0.4) is 0 Å². The number of anilines is 1. The fraction of sp³-hybridized carbons (Fsp3) is 0.310. The molecular formula is C29H23F8N5O4. The van der Waals surface area contributed by atoms with Gasteiger partial charge in [-0.25, -0.2) is 19.4 Å². The van der Waals surface area contributed by atoms with E-state index in [0.29, 0.717) is 37.4 Å². The Morgan fingerprint density at radius 3 is 2.26 bits per heavy atom. The Morgan fingerprint density at radius 2 is 1.63 bits per heavy atom. The molecule has 1 aromatic heterocycles. The van der Waals surface area contributed by atoms with Crippen molar-refractivity contribution < 1.29 is 54.9 Å². The fourth-order valence-corrected chi connectivity index (χ4v) is 5.64. The van der Waals surface area contributed by atoms with Gasteiger partial charge in [-0.2, -0.15) is 30.7 Å². The minimum absolute atomic E-state index is 0.217. The first kappa shape index (κ1) is 32.6. The Kier molecular flexibility index (Phi) is 8.17. The third-order valence-electron chi connectivity index (χ3n) is 8.06. The summed E-state index contributed by atoms with van der Waals surface area (Å²) in [5, 5.41) is 25.2. The maximum atomic E-state index is 14.7. The van der Waals surface area contributed by atoms with Gasteiger partial charge < -0.3 is 15.5 Å². The number of likely N-dealkylation sites (N-methyl/N-ethyl adjacent to an activating group) is 1. The van der Waals surface area contributed by atoms with Crippen molar-refractivity contribution in [1.29, 1.82) is 0 Å². The highest BCUT2D eigenvalue weighted by molar-refractivity contribution is 6.24. The second-order valence-corrected chi connectivity index (χ2v) is 10.7. The van der Waals surface area contributed by atoms with Crippen LogP contribution in [0.2, 0.25) is 0 Å². The summed E-state index contributed by atoms with van der Waals surface area (Å²) in [6.07, 6.45) is -7.95. The normalized spacial score (nSPS) is 17.2. The lowest BCUT2D eigenvalue weighted by atomic mass is 9.88. The topological polar surface area (TPSA) is 119 Å². The summed E-state index contributed by atoms with van der Waals surface area (Å²) in [5.41, 5.74) is -7.12. The van der Waals surface area contributed by atoms with Crippen LogP contribution in [0.4, 0.5) is 40.8 Å².